The Kier molecular flexibility index (Phi) is 5.15. The minimum Gasteiger partial charge on any atom is -0.497 e. The van der Waals surface area contributed by atoms with E-state index in [4.69, 9.17) is 9.15 Å². The normalized spacial score (nSPS) is 10.9. The van der Waals surface area contributed by atoms with Gasteiger partial charge in [-0.05, 0) is 29.8 Å². The fraction of sp³-hybridized carbons (Fsp3) is 0.158. The van der Waals surface area contributed by atoms with Crippen LogP contribution in [0.1, 0.15) is 11.3 Å². The molecule has 1 aromatic carbocycles. The topological polar surface area (TPSA) is 78.9 Å². The van der Waals surface area contributed by atoms with Crippen LogP contribution in [0.2, 0.25) is 0 Å². The second kappa shape index (κ2) is 8.05. The zero-order valence-electron chi connectivity index (χ0n) is 14.6. The zero-order valence-corrected chi connectivity index (χ0v) is 15.5. The predicted molar refractivity (Wildman–Crippen MR) is 101 cm³/mol. The van der Waals surface area contributed by atoms with Gasteiger partial charge in [-0.1, -0.05) is 23.9 Å². The van der Waals surface area contributed by atoms with Crippen LogP contribution in [0, 0.1) is 0 Å². The maximum Gasteiger partial charge on any atom is 0.192 e. The molecule has 0 aliphatic carbocycles. The average Bonchev–Trinajstić information content (AvgIpc) is 3.38. The van der Waals surface area contributed by atoms with Crippen molar-refractivity contribution in [1.82, 2.24) is 24.7 Å². The first-order chi connectivity index (χ1) is 13.3. The van der Waals surface area contributed by atoms with Crippen molar-refractivity contribution in [2.45, 2.75) is 17.5 Å². The smallest absolute Gasteiger partial charge is 0.192 e. The molecule has 136 valence electrons. The molecule has 4 rings (SSSR count). The second-order valence-electron chi connectivity index (χ2n) is 5.70. The number of aromatic nitrogens is 5. The number of hydrogen-bond donors (Lipinski definition) is 0. The van der Waals surface area contributed by atoms with Crippen molar-refractivity contribution in [1.29, 1.82) is 0 Å². The summed E-state index contributed by atoms with van der Waals surface area (Å²) in [5.74, 6) is 3.10. The molecule has 3 heterocycles. The highest BCUT2D eigenvalue weighted by Gasteiger charge is 2.17. The zero-order chi connectivity index (χ0) is 18.5. The molecule has 0 aliphatic rings. The summed E-state index contributed by atoms with van der Waals surface area (Å²) in [6.07, 6.45) is 6.62. The SMILES string of the molecule is COc1ccc(CSc2nnc(-c3cnccn3)n2Cc2ccco2)cc1. The molecule has 27 heavy (non-hydrogen) atoms. The van der Waals surface area contributed by atoms with Crippen LogP contribution in [-0.2, 0) is 12.3 Å². The Morgan fingerprint density at radius 2 is 2.00 bits per heavy atom. The Labute approximate surface area is 160 Å². The van der Waals surface area contributed by atoms with Crippen LogP contribution in [-0.4, -0.2) is 31.8 Å². The van der Waals surface area contributed by atoms with Crippen molar-refractivity contribution in [2.75, 3.05) is 7.11 Å². The van der Waals surface area contributed by atoms with Crippen molar-refractivity contribution in [3.8, 4) is 17.3 Å². The molecule has 0 bridgehead atoms. The number of benzene rings is 1. The van der Waals surface area contributed by atoms with Crippen LogP contribution >= 0.6 is 11.8 Å². The first-order valence-corrected chi connectivity index (χ1v) is 9.30. The minimum absolute atomic E-state index is 0.525. The van der Waals surface area contributed by atoms with Gasteiger partial charge >= 0.3 is 0 Å². The quantitative estimate of drug-likeness (QED) is 0.453. The molecule has 0 radical (unpaired) electrons. The monoisotopic (exact) mass is 379 g/mol. The summed E-state index contributed by atoms with van der Waals surface area (Å²) in [5, 5.41) is 9.49. The van der Waals surface area contributed by atoms with Gasteiger partial charge in [-0.3, -0.25) is 9.55 Å². The lowest BCUT2D eigenvalue weighted by molar-refractivity contribution is 0.414. The lowest BCUT2D eigenvalue weighted by atomic mass is 10.2. The molecule has 0 saturated carbocycles. The van der Waals surface area contributed by atoms with Gasteiger partial charge in [-0.2, -0.15) is 0 Å². The molecular weight excluding hydrogens is 362 g/mol. The average molecular weight is 379 g/mol. The molecule has 3 aromatic heterocycles. The maximum absolute atomic E-state index is 5.51. The van der Waals surface area contributed by atoms with E-state index < -0.39 is 0 Å². The molecule has 0 N–H and O–H groups in total. The fourth-order valence-electron chi connectivity index (χ4n) is 2.57. The third kappa shape index (κ3) is 4.01. The van der Waals surface area contributed by atoms with Crippen molar-refractivity contribution < 1.29 is 9.15 Å². The fourth-order valence-corrected chi connectivity index (χ4v) is 3.46. The van der Waals surface area contributed by atoms with Crippen LogP contribution in [0.4, 0.5) is 0 Å². The van der Waals surface area contributed by atoms with Crippen molar-refractivity contribution in [3.05, 3.63) is 72.6 Å². The summed E-state index contributed by atoms with van der Waals surface area (Å²) >= 11 is 1.61. The van der Waals surface area contributed by atoms with Crippen molar-refractivity contribution in [3.63, 3.8) is 0 Å². The van der Waals surface area contributed by atoms with E-state index in [0.29, 0.717) is 18.1 Å². The van der Waals surface area contributed by atoms with Crippen LogP contribution in [0.5, 0.6) is 5.75 Å². The third-order valence-corrected chi connectivity index (χ3v) is 4.97. The Balaban J connectivity index is 1.60. The summed E-state index contributed by atoms with van der Waals surface area (Å²) in [6, 6.07) is 11.8. The van der Waals surface area contributed by atoms with Crippen molar-refractivity contribution in [2.24, 2.45) is 0 Å². The lowest BCUT2D eigenvalue weighted by Crippen LogP contribution is -2.04. The highest BCUT2D eigenvalue weighted by molar-refractivity contribution is 7.98. The number of methoxy groups -OCH3 is 1. The molecular formula is C19H17N5O2S. The third-order valence-electron chi connectivity index (χ3n) is 3.93. The van der Waals surface area contributed by atoms with Gasteiger partial charge in [0.2, 0.25) is 0 Å². The number of furan rings is 1. The molecule has 0 amide bonds. The van der Waals surface area contributed by atoms with E-state index in [2.05, 4.69) is 20.2 Å². The highest BCUT2D eigenvalue weighted by atomic mass is 32.2. The van der Waals surface area contributed by atoms with Gasteiger partial charge < -0.3 is 9.15 Å². The Hall–Kier alpha value is -3.13. The Bertz CT molecular complexity index is 985. The minimum atomic E-state index is 0.525. The van der Waals surface area contributed by atoms with E-state index in [9.17, 15) is 0 Å². The summed E-state index contributed by atoms with van der Waals surface area (Å²) in [4.78, 5) is 8.48. The van der Waals surface area contributed by atoms with E-state index in [0.717, 1.165) is 22.4 Å². The van der Waals surface area contributed by atoms with Gasteiger partial charge in [0, 0.05) is 18.1 Å². The van der Waals surface area contributed by atoms with E-state index in [-0.39, 0.29) is 0 Å². The summed E-state index contributed by atoms with van der Waals surface area (Å²) < 4.78 is 12.7. The first-order valence-electron chi connectivity index (χ1n) is 8.31. The molecule has 0 aliphatic heterocycles. The molecule has 0 atom stereocenters. The first kappa shape index (κ1) is 17.3. The summed E-state index contributed by atoms with van der Waals surface area (Å²) in [6.45, 7) is 0.525. The lowest BCUT2D eigenvalue weighted by Gasteiger charge is -2.08. The second-order valence-corrected chi connectivity index (χ2v) is 6.64. The number of thioether (sulfide) groups is 1. The molecule has 4 aromatic rings. The number of nitrogens with zero attached hydrogens (tertiary/aromatic N) is 5. The van der Waals surface area contributed by atoms with Crippen LogP contribution in [0.3, 0.4) is 0 Å². The predicted octanol–water partition coefficient (Wildman–Crippen LogP) is 3.68. The largest absolute Gasteiger partial charge is 0.497 e. The van der Waals surface area contributed by atoms with Crippen molar-refractivity contribution >= 4 is 11.8 Å². The Morgan fingerprint density at radius 1 is 1.11 bits per heavy atom. The molecule has 0 saturated heterocycles. The van der Waals surface area contributed by atoms with Gasteiger partial charge in [0.05, 0.1) is 26.1 Å². The van der Waals surface area contributed by atoms with Crippen LogP contribution in [0.25, 0.3) is 11.5 Å². The van der Waals surface area contributed by atoms with Gasteiger partial charge in [-0.15, -0.1) is 10.2 Å². The number of ether oxygens (including phenoxy) is 1. The number of rotatable bonds is 7. The van der Waals surface area contributed by atoms with Crippen LogP contribution in [0.15, 0.2) is 70.8 Å². The van der Waals surface area contributed by atoms with Gasteiger partial charge in [0.25, 0.3) is 0 Å². The van der Waals surface area contributed by atoms with Gasteiger partial charge in [0.15, 0.2) is 11.0 Å². The summed E-state index contributed by atoms with van der Waals surface area (Å²) in [7, 11) is 1.66. The molecule has 7 nitrogen and oxygen atoms in total. The standard InChI is InChI=1S/C19H17N5O2S/c1-25-15-6-4-14(5-7-15)13-27-19-23-22-18(17-11-20-8-9-21-17)24(19)12-16-3-2-10-26-16/h2-11H,12-13H2,1H3. The highest BCUT2D eigenvalue weighted by Crippen LogP contribution is 2.27. The van der Waals surface area contributed by atoms with Gasteiger partial charge in [0.1, 0.15) is 17.2 Å². The number of hydrogen-bond acceptors (Lipinski definition) is 7. The maximum atomic E-state index is 5.51. The molecule has 0 unspecified atom stereocenters. The molecule has 0 fully saturated rings. The van der Waals surface area contributed by atoms with Crippen LogP contribution < -0.4 is 4.74 Å². The van der Waals surface area contributed by atoms with E-state index in [1.54, 1.807) is 43.7 Å². The molecule has 8 heteroatoms. The van der Waals surface area contributed by atoms with E-state index in [1.807, 2.05) is 41.0 Å². The summed E-state index contributed by atoms with van der Waals surface area (Å²) in [5.41, 5.74) is 1.85. The molecule has 0 spiro atoms. The van der Waals surface area contributed by atoms with Gasteiger partial charge in [-0.25, -0.2) is 4.98 Å². The van der Waals surface area contributed by atoms with E-state index in [1.165, 1.54) is 5.56 Å². The Morgan fingerprint density at radius 3 is 2.70 bits per heavy atom. The van der Waals surface area contributed by atoms with E-state index >= 15 is 0 Å².